The fourth-order valence-electron chi connectivity index (χ4n) is 2.29. The highest BCUT2D eigenvalue weighted by atomic mass is 79.9. The number of rotatable bonds is 6. The number of nitrogens with two attached hydrogens (primary N) is 2. The molecule has 27 heavy (non-hydrogen) atoms. The van der Waals surface area contributed by atoms with Gasteiger partial charge in [-0.3, -0.25) is 9.59 Å². The molecule has 0 aliphatic rings. The molecule has 0 aliphatic heterocycles. The molecule has 2 heterocycles. The number of aromatic nitrogens is 2. The predicted octanol–water partition coefficient (Wildman–Crippen LogP) is 2.86. The quantitative estimate of drug-likeness (QED) is 0.548. The normalized spacial score (nSPS) is 12.0. The first-order valence-corrected chi connectivity index (χ1v) is 9.16. The predicted molar refractivity (Wildman–Crippen MR) is 101 cm³/mol. The van der Waals surface area contributed by atoms with Crippen molar-refractivity contribution in [1.82, 2.24) is 10.1 Å². The molecule has 1 amide bonds. The van der Waals surface area contributed by atoms with Crippen LogP contribution in [0.1, 0.15) is 22.4 Å². The third-order valence-corrected chi connectivity index (χ3v) is 5.11. The molecule has 0 bridgehead atoms. The van der Waals surface area contributed by atoms with E-state index in [-0.39, 0.29) is 21.6 Å². The number of halogens is 2. The zero-order valence-corrected chi connectivity index (χ0v) is 16.3. The number of nitrogens with zero attached hydrogens (tertiary/aromatic N) is 3. The third kappa shape index (κ3) is 3.83. The van der Waals surface area contributed by atoms with Crippen molar-refractivity contribution < 1.29 is 18.5 Å². The molecule has 0 spiro atoms. The molecular weight excluding hydrogens is 441 g/mol. The number of amides is 1. The lowest BCUT2D eigenvalue weighted by Gasteiger charge is -2.26. The van der Waals surface area contributed by atoms with Gasteiger partial charge in [0, 0.05) is 11.8 Å². The molecule has 0 unspecified atom stereocenters. The van der Waals surface area contributed by atoms with E-state index in [9.17, 15) is 14.0 Å². The third-order valence-electron chi connectivity index (χ3n) is 3.66. The first-order chi connectivity index (χ1) is 12.8. The summed E-state index contributed by atoms with van der Waals surface area (Å²) in [5.41, 5.74) is 11.8. The number of hydrogen-bond acceptors (Lipinski definition) is 8. The summed E-state index contributed by atoms with van der Waals surface area (Å²) < 4.78 is 18.6. The lowest BCUT2D eigenvalue weighted by Crippen LogP contribution is -2.39. The van der Waals surface area contributed by atoms with E-state index in [0.29, 0.717) is 10.3 Å². The maximum Gasteiger partial charge on any atom is 0.244 e. The van der Waals surface area contributed by atoms with Crippen LogP contribution < -0.4 is 16.4 Å². The minimum atomic E-state index is -0.816. The number of nitrogen functional groups attached to an aromatic ring is 1. The number of thiazole rings is 1. The summed E-state index contributed by atoms with van der Waals surface area (Å²) in [5, 5.41) is 3.86. The SMILES string of the molecule is C[C@@H](C(N)=O)N(c1ccc(F)cc1)c1nc(N)c(C(=O)c2cc(Br)no2)s1. The Morgan fingerprint density at radius 1 is 1.33 bits per heavy atom. The van der Waals surface area contributed by atoms with Crippen LogP contribution in [0.2, 0.25) is 0 Å². The van der Waals surface area contributed by atoms with Crippen LogP contribution in [0.25, 0.3) is 0 Å². The van der Waals surface area contributed by atoms with E-state index in [1.165, 1.54) is 35.2 Å². The molecule has 1 aromatic carbocycles. The van der Waals surface area contributed by atoms with Crippen molar-refractivity contribution in [3.8, 4) is 0 Å². The zero-order chi connectivity index (χ0) is 19.7. The molecule has 3 aromatic rings. The molecule has 4 N–H and O–H groups in total. The van der Waals surface area contributed by atoms with Crippen molar-refractivity contribution in [1.29, 1.82) is 0 Å². The lowest BCUT2D eigenvalue weighted by atomic mass is 10.2. The van der Waals surface area contributed by atoms with Gasteiger partial charge in [0.05, 0.1) is 0 Å². The van der Waals surface area contributed by atoms with Gasteiger partial charge in [0.2, 0.25) is 17.5 Å². The number of carbonyl (C=O) groups excluding carboxylic acids is 2. The molecule has 8 nitrogen and oxygen atoms in total. The molecule has 0 fully saturated rings. The van der Waals surface area contributed by atoms with E-state index in [1.807, 2.05) is 0 Å². The Labute approximate surface area is 165 Å². The Kier molecular flexibility index (Phi) is 5.24. The van der Waals surface area contributed by atoms with Crippen LogP contribution in [-0.2, 0) is 4.79 Å². The second-order valence-electron chi connectivity index (χ2n) is 5.48. The Balaban J connectivity index is 2.04. The smallest absolute Gasteiger partial charge is 0.244 e. The Morgan fingerprint density at radius 2 is 2.00 bits per heavy atom. The number of benzene rings is 1. The minimum Gasteiger partial charge on any atom is -0.382 e. The highest BCUT2D eigenvalue weighted by Crippen LogP contribution is 2.36. The highest BCUT2D eigenvalue weighted by molar-refractivity contribution is 9.10. The fourth-order valence-corrected chi connectivity index (χ4v) is 3.60. The maximum atomic E-state index is 13.3. The summed E-state index contributed by atoms with van der Waals surface area (Å²) in [6.45, 7) is 1.57. The number of hydrogen-bond donors (Lipinski definition) is 2. The van der Waals surface area contributed by atoms with Crippen molar-refractivity contribution in [3.05, 3.63) is 51.4 Å². The summed E-state index contributed by atoms with van der Waals surface area (Å²) in [6, 6.07) is 6.02. The van der Waals surface area contributed by atoms with Gasteiger partial charge in [-0.2, -0.15) is 0 Å². The summed E-state index contributed by atoms with van der Waals surface area (Å²) in [7, 11) is 0. The minimum absolute atomic E-state index is 0.0138. The number of anilines is 3. The molecule has 0 saturated heterocycles. The van der Waals surface area contributed by atoms with Gasteiger partial charge >= 0.3 is 0 Å². The lowest BCUT2D eigenvalue weighted by molar-refractivity contribution is -0.118. The van der Waals surface area contributed by atoms with Gasteiger partial charge in [0.1, 0.15) is 27.2 Å². The summed E-state index contributed by atoms with van der Waals surface area (Å²) in [5.74, 6) is -1.60. The van der Waals surface area contributed by atoms with Crippen LogP contribution in [0.5, 0.6) is 0 Å². The number of ketones is 1. The van der Waals surface area contributed by atoms with Crippen molar-refractivity contribution in [2.75, 3.05) is 10.6 Å². The summed E-state index contributed by atoms with van der Waals surface area (Å²) in [4.78, 5) is 30.1. The first kappa shape index (κ1) is 19.0. The Bertz CT molecular complexity index is 1000. The Morgan fingerprint density at radius 3 is 2.56 bits per heavy atom. The first-order valence-electron chi connectivity index (χ1n) is 7.55. The van der Waals surface area contributed by atoms with Crippen molar-refractivity contribution in [3.63, 3.8) is 0 Å². The van der Waals surface area contributed by atoms with Crippen LogP contribution in [0.3, 0.4) is 0 Å². The van der Waals surface area contributed by atoms with Crippen LogP contribution >= 0.6 is 27.3 Å². The Hall–Kier alpha value is -2.79. The molecule has 0 saturated carbocycles. The summed E-state index contributed by atoms with van der Waals surface area (Å²) in [6.07, 6.45) is 0. The van der Waals surface area contributed by atoms with Crippen molar-refractivity contribution in [2.24, 2.45) is 5.73 Å². The zero-order valence-electron chi connectivity index (χ0n) is 13.8. The van der Waals surface area contributed by atoms with Crippen molar-refractivity contribution in [2.45, 2.75) is 13.0 Å². The second kappa shape index (κ2) is 7.45. The van der Waals surface area contributed by atoms with E-state index in [4.69, 9.17) is 16.0 Å². The molecule has 1 atom stereocenters. The molecular formula is C16H13BrFN5O3S. The molecule has 140 valence electrons. The van der Waals surface area contributed by atoms with E-state index in [1.54, 1.807) is 6.92 Å². The molecule has 11 heteroatoms. The van der Waals surface area contributed by atoms with Crippen molar-refractivity contribution >= 4 is 55.6 Å². The second-order valence-corrected chi connectivity index (χ2v) is 7.27. The monoisotopic (exact) mass is 453 g/mol. The topological polar surface area (TPSA) is 128 Å². The van der Waals surface area contributed by atoms with Gasteiger partial charge in [-0.15, -0.1) is 0 Å². The largest absolute Gasteiger partial charge is 0.382 e. The van der Waals surface area contributed by atoms with Gasteiger partial charge in [-0.1, -0.05) is 16.5 Å². The number of primary amides is 1. The standard InChI is InChI=1S/C16H13BrFN5O3S/c1-7(15(20)25)23(9-4-2-8(18)3-5-9)16-21-14(19)13(27-16)12(24)10-6-11(17)22-26-10/h2-7H,19H2,1H3,(H2,20,25)/t7-/m0/s1. The molecule has 0 radical (unpaired) electrons. The van der Waals surface area contributed by atoms with Crippen LogP contribution in [0.15, 0.2) is 39.5 Å². The van der Waals surface area contributed by atoms with E-state index in [0.717, 1.165) is 11.3 Å². The van der Waals surface area contributed by atoms with Gasteiger partial charge in [0.15, 0.2) is 5.13 Å². The fraction of sp³-hybridized carbons (Fsp3) is 0.125. The van der Waals surface area contributed by atoms with Crippen LogP contribution in [-0.4, -0.2) is 27.9 Å². The molecule has 2 aromatic heterocycles. The number of carbonyl (C=O) groups is 2. The van der Waals surface area contributed by atoms with Crippen LogP contribution in [0, 0.1) is 5.82 Å². The van der Waals surface area contributed by atoms with Gasteiger partial charge < -0.3 is 20.9 Å². The van der Waals surface area contributed by atoms with Gasteiger partial charge in [0.25, 0.3) is 0 Å². The average molecular weight is 454 g/mol. The maximum absolute atomic E-state index is 13.3. The van der Waals surface area contributed by atoms with Gasteiger partial charge in [-0.25, -0.2) is 9.37 Å². The van der Waals surface area contributed by atoms with Crippen LogP contribution in [0.4, 0.5) is 21.0 Å². The van der Waals surface area contributed by atoms with E-state index in [2.05, 4.69) is 26.1 Å². The molecule has 0 aliphatic carbocycles. The van der Waals surface area contributed by atoms with E-state index >= 15 is 0 Å². The average Bonchev–Trinajstić information content (AvgIpc) is 3.22. The van der Waals surface area contributed by atoms with Gasteiger partial charge in [-0.05, 0) is 47.1 Å². The summed E-state index contributed by atoms with van der Waals surface area (Å²) >= 11 is 4.06. The molecule has 3 rings (SSSR count). The van der Waals surface area contributed by atoms with E-state index < -0.39 is 23.5 Å². The highest BCUT2D eigenvalue weighted by Gasteiger charge is 2.28.